The molecule has 0 aromatic carbocycles. The van der Waals surface area contributed by atoms with E-state index in [9.17, 15) is 15.0 Å². The van der Waals surface area contributed by atoms with Gasteiger partial charge < -0.3 is 29.5 Å². The molecule has 0 aliphatic carbocycles. The van der Waals surface area contributed by atoms with Gasteiger partial charge in [-0.25, -0.2) is 0 Å². The fourth-order valence-corrected chi connectivity index (χ4v) is 6.62. The van der Waals surface area contributed by atoms with E-state index < -0.39 is 5.41 Å². The molecule has 51 heavy (non-hydrogen) atoms. The highest BCUT2D eigenvalue weighted by Gasteiger charge is 2.54. The molecule has 0 aromatic heterocycles. The first-order chi connectivity index (χ1) is 23.3. The van der Waals surface area contributed by atoms with Gasteiger partial charge in [0.15, 0.2) is 0 Å². The Balaban J connectivity index is 0. The zero-order valence-corrected chi connectivity index (χ0v) is 37.0. The molecule has 306 valence electrons. The summed E-state index contributed by atoms with van der Waals surface area (Å²) in [5, 5.41) is 18.8. The predicted molar refractivity (Wildman–Crippen MR) is 218 cm³/mol. The monoisotopic (exact) mass is 729 g/mol. The van der Waals surface area contributed by atoms with E-state index in [1.54, 1.807) is 0 Å². The fraction of sp³-hybridized carbons (Fsp3) is 0.929. The summed E-state index contributed by atoms with van der Waals surface area (Å²) in [6.07, 6.45) is 3.80. The Morgan fingerprint density at radius 1 is 0.647 bits per heavy atom. The first-order valence-electron chi connectivity index (χ1n) is 19.8. The van der Waals surface area contributed by atoms with Crippen LogP contribution < -0.4 is 0 Å². The number of hydrogen-bond acceptors (Lipinski definition) is 9. The minimum Gasteiger partial charge on any atom is -0.497 e. The number of esters is 1. The van der Waals surface area contributed by atoms with Crippen LogP contribution in [0.3, 0.4) is 0 Å². The molecule has 0 fully saturated rings. The van der Waals surface area contributed by atoms with Crippen molar-refractivity contribution in [3.8, 4) is 0 Å². The number of aliphatic hydroxyl groups is 2. The van der Waals surface area contributed by atoms with Gasteiger partial charge in [0.1, 0.15) is 13.2 Å². The third-order valence-corrected chi connectivity index (χ3v) is 11.0. The zero-order chi connectivity index (χ0) is 40.3. The van der Waals surface area contributed by atoms with Crippen molar-refractivity contribution in [3.63, 3.8) is 0 Å². The number of hydrogen-bond donors (Lipinski definition) is 2. The molecule has 2 N–H and O–H groups in total. The minimum absolute atomic E-state index is 0.00648. The first-order valence-corrected chi connectivity index (χ1v) is 19.8. The molecular weight excluding hydrogens is 640 g/mol. The second-order valence-corrected chi connectivity index (χ2v) is 18.6. The summed E-state index contributed by atoms with van der Waals surface area (Å²) in [6.45, 7) is 40.3. The molecule has 0 radical (unpaired) electrons. The van der Waals surface area contributed by atoms with Crippen LogP contribution in [-0.4, -0.2) is 143 Å². The normalized spacial score (nSPS) is 14.8. The standard InChI is InChI=1S/C40H82N4O5.C2H6/c1-33(48-29-25-43(21-17-19-41(13)14)22-18-20-42(15)16)34(31-36(2,3)4)39(10,11)38(8,9)32-40(12,37(5,6)7)35(47)49-30-26-44(23-27-45)24-28-46;1-2/h34,45-46H,1,17-32H2,2-16H3;1-2H3. The molecule has 9 heteroatoms. The summed E-state index contributed by atoms with van der Waals surface area (Å²) in [7, 11) is 8.51. The topological polar surface area (TPSA) is 89.0 Å². The largest absolute Gasteiger partial charge is 0.497 e. The van der Waals surface area contributed by atoms with E-state index in [1.807, 2.05) is 18.7 Å². The van der Waals surface area contributed by atoms with Crippen molar-refractivity contribution in [3.05, 3.63) is 12.3 Å². The SMILES string of the molecule is C=C(OCCN(CCCN(C)C)CCCN(C)C)C(CC(C)(C)C)C(C)(C)C(C)(C)CC(C)(C(=O)OCCN(CCO)CCO)C(C)(C)C.CC. The van der Waals surface area contributed by atoms with Gasteiger partial charge in [0.05, 0.1) is 24.4 Å². The molecule has 0 amide bonds. The van der Waals surface area contributed by atoms with E-state index in [0.29, 0.717) is 32.7 Å². The van der Waals surface area contributed by atoms with Crippen molar-refractivity contribution in [2.75, 3.05) is 107 Å². The van der Waals surface area contributed by atoms with Crippen LogP contribution >= 0.6 is 0 Å². The highest BCUT2D eigenvalue weighted by Crippen LogP contribution is 2.58. The number of carbonyl (C=O) groups excluding carboxylic acids is 1. The van der Waals surface area contributed by atoms with Gasteiger partial charge in [-0.2, -0.15) is 0 Å². The second kappa shape index (κ2) is 24.2. The van der Waals surface area contributed by atoms with Crippen molar-refractivity contribution in [1.29, 1.82) is 0 Å². The van der Waals surface area contributed by atoms with Crippen LogP contribution in [-0.2, 0) is 14.3 Å². The van der Waals surface area contributed by atoms with Gasteiger partial charge in [0.2, 0.25) is 0 Å². The number of ether oxygens (including phenoxy) is 2. The fourth-order valence-electron chi connectivity index (χ4n) is 6.62. The van der Waals surface area contributed by atoms with Crippen LogP contribution in [0, 0.1) is 33.0 Å². The molecule has 0 saturated heterocycles. The van der Waals surface area contributed by atoms with Gasteiger partial charge >= 0.3 is 5.97 Å². The maximum absolute atomic E-state index is 14.0. The van der Waals surface area contributed by atoms with Crippen LogP contribution in [0.1, 0.15) is 116 Å². The molecule has 0 saturated carbocycles. The lowest BCUT2D eigenvalue weighted by molar-refractivity contribution is -0.168. The zero-order valence-electron chi connectivity index (χ0n) is 37.0. The predicted octanol–water partition coefficient (Wildman–Crippen LogP) is 7.13. The smallest absolute Gasteiger partial charge is 0.312 e. The van der Waals surface area contributed by atoms with E-state index in [-0.39, 0.29) is 53.4 Å². The summed E-state index contributed by atoms with van der Waals surface area (Å²) >= 11 is 0. The Labute approximate surface area is 317 Å². The third-order valence-electron chi connectivity index (χ3n) is 11.0. The molecule has 2 unspecified atom stereocenters. The summed E-state index contributed by atoms with van der Waals surface area (Å²) < 4.78 is 12.6. The van der Waals surface area contributed by atoms with E-state index in [1.165, 1.54) is 0 Å². The van der Waals surface area contributed by atoms with Crippen molar-refractivity contribution < 1.29 is 24.5 Å². The maximum atomic E-state index is 14.0. The molecule has 0 bridgehead atoms. The average Bonchev–Trinajstić information content (AvgIpc) is 2.99. The van der Waals surface area contributed by atoms with Gasteiger partial charge in [-0.1, -0.05) is 89.7 Å². The summed E-state index contributed by atoms with van der Waals surface area (Å²) in [5.74, 6) is 0.703. The molecule has 0 aliphatic rings. The van der Waals surface area contributed by atoms with E-state index in [0.717, 1.165) is 57.7 Å². The van der Waals surface area contributed by atoms with Crippen LogP contribution in [0.25, 0.3) is 0 Å². The van der Waals surface area contributed by atoms with Gasteiger partial charge in [-0.05, 0) is 109 Å². The Morgan fingerprint density at radius 3 is 1.43 bits per heavy atom. The van der Waals surface area contributed by atoms with Gasteiger partial charge in [-0.3, -0.25) is 14.6 Å². The molecule has 2 atom stereocenters. The molecule has 0 aliphatic heterocycles. The Bertz CT molecular complexity index is 919. The van der Waals surface area contributed by atoms with Crippen LogP contribution in [0.5, 0.6) is 0 Å². The highest BCUT2D eigenvalue weighted by molar-refractivity contribution is 5.77. The van der Waals surface area contributed by atoms with Gasteiger partial charge in [-0.15, -0.1) is 0 Å². The minimum atomic E-state index is -0.763. The van der Waals surface area contributed by atoms with Crippen molar-refractivity contribution in [2.24, 2.45) is 33.0 Å². The third kappa shape index (κ3) is 19.6. The number of carbonyl (C=O) groups is 1. The van der Waals surface area contributed by atoms with E-state index in [2.05, 4.69) is 126 Å². The lowest BCUT2D eigenvalue weighted by atomic mass is 9.51. The van der Waals surface area contributed by atoms with E-state index in [4.69, 9.17) is 9.47 Å². The number of rotatable bonds is 26. The molecular formula is C42H88N4O5. The van der Waals surface area contributed by atoms with Crippen LogP contribution in [0.2, 0.25) is 0 Å². The number of aliphatic hydroxyl groups excluding tert-OH is 2. The first kappa shape index (κ1) is 51.9. The molecule has 0 spiro atoms. The van der Waals surface area contributed by atoms with Crippen molar-refractivity contribution >= 4 is 5.97 Å². The summed E-state index contributed by atoms with van der Waals surface area (Å²) in [4.78, 5) is 22.9. The number of allylic oxidation sites excluding steroid dienone is 1. The quantitative estimate of drug-likeness (QED) is 0.0714. The summed E-state index contributed by atoms with van der Waals surface area (Å²) in [5.41, 5.74) is -1.62. The van der Waals surface area contributed by atoms with Gasteiger partial charge in [0.25, 0.3) is 0 Å². The molecule has 0 heterocycles. The Kier molecular flexibility index (Phi) is 24.6. The summed E-state index contributed by atoms with van der Waals surface area (Å²) in [6, 6.07) is 0. The molecule has 0 rings (SSSR count). The lowest BCUT2D eigenvalue weighted by Gasteiger charge is -2.53. The van der Waals surface area contributed by atoms with Crippen molar-refractivity contribution in [2.45, 2.75) is 116 Å². The Hall–Kier alpha value is -1.23. The van der Waals surface area contributed by atoms with Crippen LogP contribution in [0.4, 0.5) is 0 Å². The highest BCUT2D eigenvalue weighted by atomic mass is 16.5. The molecule has 0 aromatic rings. The Morgan fingerprint density at radius 2 is 1.06 bits per heavy atom. The lowest BCUT2D eigenvalue weighted by Crippen LogP contribution is -2.50. The number of nitrogens with zero attached hydrogens (tertiary/aromatic N) is 4. The second-order valence-electron chi connectivity index (χ2n) is 18.6. The van der Waals surface area contributed by atoms with Gasteiger partial charge in [0, 0.05) is 32.1 Å². The maximum Gasteiger partial charge on any atom is 0.312 e. The molecule has 9 nitrogen and oxygen atoms in total. The average molecular weight is 729 g/mol. The van der Waals surface area contributed by atoms with Crippen molar-refractivity contribution in [1.82, 2.24) is 19.6 Å². The van der Waals surface area contributed by atoms with E-state index >= 15 is 0 Å². The van der Waals surface area contributed by atoms with Crippen LogP contribution in [0.15, 0.2) is 12.3 Å².